The summed E-state index contributed by atoms with van der Waals surface area (Å²) in [5.74, 6) is 1.68. The summed E-state index contributed by atoms with van der Waals surface area (Å²) in [5, 5.41) is 5.56. The maximum absolute atomic E-state index is 5.98. The lowest BCUT2D eigenvalue weighted by Crippen LogP contribution is -2.40. The second-order valence-electron chi connectivity index (χ2n) is 6.75. The molecule has 1 aliphatic rings. The average Bonchev–Trinajstić information content (AvgIpc) is 2.69. The molecule has 4 nitrogen and oxygen atoms in total. The molecule has 150 valence electrons. The minimum atomic E-state index is 0.307. The van der Waals surface area contributed by atoms with Crippen LogP contribution in [0.25, 0.3) is 15.7 Å². The number of piperidine rings is 1. The number of thioether (sulfide) groups is 1. The highest BCUT2D eigenvalue weighted by Gasteiger charge is 2.17. The molecule has 1 aromatic heterocycles. The van der Waals surface area contributed by atoms with Crippen LogP contribution >= 0.6 is 11.8 Å². The van der Waals surface area contributed by atoms with E-state index in [1.54, 1.807) is 11.8 Å². The van der Waals surface area contributed by atoms with Crippen LogP contribution in [0.5, 0.6) is 0 Å². The van der Waals surface area contributed by atoms with Crippen LogP contribution in [0.2, 0.25) is 0 Å². The summed E-state index contributed by atoms with van der Waals surface area (Å²) in [4.78, 5) is 8.78. The van der Waals surface area contributed by atoms with Crippen LogP contribution < -0.4 is 11.1 Å². The van der Waals surface area contributed by atoms with Crippen molar-refractivity contribution in [2.45, 2.75) is 39.7 Å². The number of allylic oxidation sites excluding steroid dienone is 1. The molecule has 3 N–H and O–H groups in total. The molecular weight excluding hydrogens is 364 g/mol. The molecule has 3 rings (SSSR count). The van der Waals surface area contributed by atoms with Crippen LogP contribution in [0.15, 0.2) is 60.9 Å². The Morgan fingerprint density at radius 3 is 2.46 bits per heavy atom. The summed E-state index contributed by atoms with van der Waals surface area (Å²) in [6.45, 7) is 20.1. The molecule has 0 amide bonds. The van der Waals surface area contributed by atoms with E-state index in [2.05, 4.69) is 59.2 Å². The molecule has 0 aliphatic carbocycles. The fourth-order valence-electron chi connectivity index (χ4n) is 3.05. The van der Waals surface area contributed by atoms with Crippen molar-refractivity contribution >= 4 is 33.3 Å². The van der Waals surface area contributed by atoms with Crippen molar-refractivity contribution in [2.24, 2.45) is 5.73 Å². The normalized spacial score (nSPS) is 14.2. The van der Waals surface area contributed by atoms with Gasteiger partial charge < -0.3 is 16.0 Å². The molecule has 0 spiro atoms. The van der Waals surface area contributed by atoms with Gasteiger partial charge in [0.2, 0.25) is 0 Å². The Balaban J connectivity index is 0.00000136. The van der Waals surface area contributed by atoms with E-state index in [0.29, 0.717) is 6.04 Å². The second-order valence-corrected chi connectivity index (χ2v) is 8.15. The van der Waals surface area contributed by atoms with Gasteiger partial charge in [-0.25, -0.2) is 4.98 Å². The first-order valence-corrected chi connectivity index (χ1v) is 10.6. The summed E-state index contributed by atoms with van der Waals surface area (Å²) < 4.78 is 0. The number of nitrogens with one attached hydrogen (secondary N) is 1. The van der Waals surface area contributed by atoms with E-state index in [1.807, 2.05) is 27.0 Å². The highest BCUT2D eigenvalue weighted by atomic mass is 32.2. The van der Waals surface area contributed by atoms with Gasteiger partial charge in [0.25, 0.3) is 0 Å². The topological polar surface area (TPSA) is 54.2 Å². The number of hydrogen-bond acceptors (Lipinski definition) is 5. The highest BCUT2D eigenvalue weighted by Crippen LogP contribution is 2.32. The molecule has 1 saturated heterocycles. The third-order valence-electron chi connectivity index (χ3n) is 4.53. The fourth-order valence-corrected chi connectivity index (χ4v) is 3.71. The summed E-state index contributed by atoms with van der Waals surface area (Å²) in [7, 11) is 0. The predicted molar refractivity (Wildman–Crippen MR) is 126 cm³/mol. The molecule has 2 heterocycles. The lowest BCUT2D eigenvalue weighted by molar-refractivity contribution is 0.267. The van der Waals surface area contributed by atoms with Gasteiger partial charge in [0, 0.05) is 35.6 Å². The second kappa shape index (κ2) is 10.3. The van der Waals surface area contributed by atoms with Gasteiger partial charge in [-0.05, 0) is 47.8 Å². The van der Waals surface area contributed by atoms with E-state index in [0.717, 1.165) is 63.7 Å². The van der Waals surface area contributed by atoms with Crippen molar-refractivity contribution in [1.29, 1.82) is 0 Å². The summed E-state index contributed by atoms with van der Waals surface area (Å²) in [5.41, 5.74) is 7.08. The van der Waals surface area contributed by atoms with Crippen molar-refractivity contribution in [1.82, 2.24) is 9.88 Å². The molecule has 0 atom stereocenters. The van der Waals surface area contributed by atoms with Crippen molar-refractivity contribution in [3.8, 4) is 0 Å². The number of likely N-dealkylation sites (tertiary alicyclic amines) is 1. The number of anilines is 1. The van der Waals surface area contributed by atoms with E-state index in [9.17, 15) is 0 Å². The molecule has 0 unspecified atom stereocenters. The molecule has 1 aromatic carbocycles. The Labute approximate surface area is 173 Å². The Bertz CT molecular complexity index is 851. The van der Waals surface area contributed by atoms with Gasteiger partial charge in [0.1, 0.15) is 5.82 Å². The molecular formula is C23H32N4S. The largest absolute Gasteiger partial charge is 0.359 e. The summed E-state index contributed by atoms with van der Waals surface area (Å²) in [6.07, 6.45) is 3.88. The number of pyridine rings is 1. The van der Waals surface area contributed by atoms with E-state index in [1.165, 1.54) is 0 Å². The molecule has 0 saturated carbocycles. The van der Waals surface area contributed by atoms with E-state index in [-0.39, 0.29) is 0 Å². The zero-order valence-corrected chi connectivity index (χ0v) is 18.1. The Morgan fingerprint density at radius 1 is 1.14 bits per heavy atom. The Kier molecular flexibility index (Phi) is 8.15. The van der Waals surface area contributed by atoms with Crippen LogP contribution in [-0.4, -0.2) is 29.0 Å². The zero-order chi connectivity index (χ0) is 20.7. The number of benzene rings is 1. The predicted octanol–water partition coefficient (Wildman–Crippen LogP) is 5.80. The number of aromatic nitrogens is 1. The Morgan fingerprint density at radius 2 is 1.82 bits per heavy atom. The third-order valence-corrected chi connectivity index (χ3v) is 5.37. The monoisotopic (exact) mass is 396 g/mol. The average molecular weight is 397 g/mol. The highest BCUT2D eigenvalue weighted by molar-refractivity contribution is 8.11. The SMILES string of the molecule is C=C(C)SC(=C)c1ccc2cnc(NC(=C)N3CCC(N)CC3)cc2c1.CC. The standard InChI is InChI=1S/C21H26N4S.C2H6/c1-14(2)26-15(3)17-5-6-18-13-23-21(12-19(18)11-17)24-16(4)25-9-7-20(22)8-10-25;1-2/h5-6,11-13,20H,1,3-4,7-10,22H2,2H3,(H,23,24);1-2H3. The van der Waals surface area contributed by atoms with Gasteiger partial charge in [-0.15, -0.1) is 0 Å². The quantitative estimate of drug-likeness (QED) is 0.646. The lowest BCUT2D eigenvalue weighted by atomic mass is 10.1. The lowest BCUT2D eigenvalue weighted by Gasteiger charge is -2.33. The first kappa shape index (κ1) is 22.1. The number of hydrogen-bond donors (Lipinski definition) is 2. The molecule has 5 heteroatoms. The maximum Gasteiger partial charge on any atom is 0.131 e. The van der Waals surface area contributed by atoms with Gasteiger partial charge >= 0.3 is 0 Å². The minimum absolute atomic E-state index is 0.307. The van der Waals surface area contributed by atoms with Gasteiger partial charge in [-0.1, -0.05) is 57.5 Å². The number of nitrogens with two attached hydrogens (primary N) is 1. The summed E-state index contributed by atoms with van der Waals surface area (Å²) in [6, 6.07) is 8.65. The van der Waals surface area contributed by atoms with Crippen LogP contribution in [0, 0.1) is 0 Å². The van der Waals surface area contributed by atoms with Gasteiger partial charge in [0.15, 0.2) is 0 Å². The number of nitrogens with zero attached hydrogens (tertiary/aromatic N) is 2. The van der Waals surface area contributed by atoms with Crippen molar-refractivity contribution in [2.75, 3.05) is 18.4 Å². The minimum Gasteiger partial charge on any atom is -0.359 e. The number of fused-ring (bicyclic) bond motifs is 1. The summed E-state index contributed by atoms with van der Waals surface area (Å²) >= 11 is 1.60. The van der Waals surface area contributed by atoms with Crippen molar-refractivity contribution < 1.29 is 0 Å². The molecule has 1 aliphatic heterocycles. The van der Waals surface area contributed by atoms with Crippen molar-refractivity contribution in [3.63, 3.8) is 0 Å². The van der Waals surface area contributed by atoms with Crippen molar-refractivity contribution in [3.05, 3.63) is 66.5 Å². The maximum atomic E-state index is 5.98. The number of rotatable bonds is 6. The van der Waals surface area contributed by atoms with E-state index >= 15 is 0 Å². The van der Waals surface area contributed by atoms with E-state index < -0.39 is 0 Å². The molecule has 0 bridgehead atoms. The van der Waals surface area contributed by atoms with Gasteiger partial charge in [-0.3, -0.25) is 0 Å². The van der Waals surface area contributed by atoms with E-state index in [4.69, 9.17) is 5.73 Å². The zero-order valence-electron chi connectivity index (χ0n) is 17.3. The van der Waals surface area contributed by atoms with Gasteiger partial charge in [-0.2, -0.15) is 0 Å². The molecule has 1 fully saturated rings. The molecule has 28 heavy (non-hydrogen) atoms. The van der Waals surface area contributed by atoms with Crippen LogP contribution in [-0.2, 0) is 0 Å². The first-order chi connectivity index (χ1) is 13.4. The third kappa shape index (κ3) is 5.88. The fraction of sp³-hybridized carbons (Fsp3) is 0.348. The van der Waals surface area contributed by atoms with Crippen LogP contribution in [0.3, 0.4) is 0 Å². The van der Waals surface area contributed by atoms with Crippen LogP contribution in [0.1, 0.15) is 39.2 Å². The molecule has 2 aromatic rings. The van der Waals surface area contributed by atoms with Crippen LogP contribution in [0.4, 0.5) is 5.82 Å². The molecule has 0 radical (unpaired) electrons. The van der Waals surface area contributed by atoms with Gasteiger partial charge in [0.05, 0.1) is 5.82 Å². The Hall–Kier alpha value is -2.24. The smallest absolute Gasteiger partial charge is 0.131 e. The first-order valence-electron chi connectivity index (χ1n) is 9.81.